The Balaban J connectivity index is 0.000000246. The number of hydrogen-bond acceptors (Lipinski definition) is 4. The minimum Gasteiger partial charge on any atom is -0.744 e. The number of rotatable bonds is 11. The minimum absolute atomic E-state index is 0.229. The summed E-state index contributed by atoms with van der Waals surface area (Å²) >= 11 is 0. The van der Waals surface area contributed by atoms with Crippen LogP contribution in [0.1, 0.15) is 58.4 Å². The van der Waals surface area contributed by atoms with Crippen LogP contribution in [-0.4, -0.2) is 37.1 Å². The molecule has 0 saturated heterocycles. The van der Waals surface area contributed by atoms with Crippen molar-refractivity contribution in [2.45, 2.75) is 64.3 Å². The molecular formula is C28H40N2O3S. The smallest absolute Gasteiger partial charge is 0.125 e. The summed E-state index contributed by atoms with van der Waals surface area (Å²) in [4.78, 5) is -0.229. The Morgan fingerprint density at radius 1 is 0.735 bits per heavy atom. The number of benzene rings is 3. The van der Waals surface area contributed by atoms with Gasteiger partial charge >= 0.3 is 0 Å². The van der Waals surface area contributed by atoms with Gasteiger partial charge in [0.05, 0.1) is 24.5 Å². The zero-order chi connectivity index (χ0) is 25.0. The van der Waals surface area contributed by atoms with Gasteiger partial charge in [-0.05, 0) is 31.4 Å². The second-order valence-electron chi connectivity index (χ2n) is 9.02. The summed E-state index contributed by atoms with van der Waals surface area (Å²) in [6.07, 6.45) is 6.63. The van der Waals surface area contributed by atoms with Gasteiger partial charge in [-0.1, -0.05) is 88.2 Å². The number of nitrogen functional groups attached to an aromatic ring is 1. The van der Waals surface area contributed by atoms with Crippen molar-refractivity contribution in [1.29, 1.82) is 0 Å². The van der Waals surface area contributed by atoms with Gasteiger partial charge in [-0.25, -0.2) is 8.42 Å². The molecule has 34 heavy (non-hydrogen) atoms. The number of anilines is 1. The van der Waals surface area contributed by atoms with Crippen LogP contribution in [-0.2, 0) is 16.7 Å². The second-order valence-corrected chi connectivity index (χ2v) is 10.4. The van der Waals surface area contributed by atoms with Crippen molar-refractivity contribution >= 4 is 26.6 Å². The summed E-state index contributed by atoms with van der Waals surface area (Å²) in [5, 5.41) is 0.946. The Morgan fingerprint density at radius 3 is 1.82 bits per heavy atom. The molecule has 186 valence electrons. The van der Waals surface area contributed by atoms with Crippen molar-refractivity contribution < 1.29 is 17.5 Å². The molecule has 5 nitrogen and oxygen atoms in total. The monoisotopic (exact) mass is 484 g/mol. The predicted octanol–water partition coefficient (Wildman–Crippen LogP) is 6.34. The molecule has 3 aromatic carbocycles. The summed E-state index contributed by atoms with van der Waals surface area (Å²) in [5.41, 5.74) is 7.63. The fraction of sp³-hybridized carbons (Fsp3) is 0.429. The number of nitrogens with zero attached hydrogens (tertiary/aromatic N) is 1. The van der Waals surface area contributed by atoms with Gasteiger partial charge in [0.15, 0.2) is 0 Å². The topological polar surface area (TPSA) is 83.2 Å². The van der Waals surface area contributed by atoms with E-state index in [4.69, 9.17) is 5.73 Å². The van der Waals surface area contributed by atoms with Crippen LogP contribution in [0, 0.1) is 0 Å². The van der Waals surface area contributed by atoms with Crippen LogP contribution in [0.25, 0.3) is 10.8 Å². The molecule has 3 rings (SSSR count). The van der Waals surface area contributed by atoms with Gasteiger partial charge in [-0.3, -0.25) is 0 Å². The first-order valence-electron chi connectivity index (χ1n) is 12.4. The van der Waals surface area contributed by atoms with E-state index in [1.54, 1.807) is 24.3 Å². The van der Waals surface area contributed by atoms with E-state index in [0.717, 1.165) is 0 Å². The average molecular weight is 485 g/mol. The van der Waals surface area contributed by atoms with Gasteiger partial charge < -0.3 is 14.8 Å². The largest absolute Gasteiger partial charge is 0.744 e. The van der Waals surface area contributed by atoms with E-state index in [-0.39, 0.29) is 4.90 Å². The number of fused-ring (bicyclic) bond motifs is 1. The van der Waals surface area contributed by atoms with Crippen LogP contribution < -0.4 is 5.73 Å². The van der Waals surface area contributed by atoms with Crippen molar-refractivity contribution in [3.8, 4) is 0 Å². The minimum atomic E-state index is -4.45. The molecule has 0 unspecified atom stereocenters. The molecule has 0 aliphatic rings. The third-order valence-electron chi connectivity index (χ3n) is 6.22. The third kappa shape index (κ3) is 8.12. The van der Waals surface area contributed by atoms with E-state index in [1.165, 1.54) is 80.5 Å². The zero-order valence-corrected chi connectivity index (χ0v) is 21.7. The Labute approximate surface area is 205 Å². The Bertz CT molecular complexity index is 1110. The lowest BCUT2D eigenvalue weighted by atomic mass is 10.1. The molecule has 0 aliphatic carbocycles. The van der Waals surface area contributed by atoms with Gasteiger partial charge in [0, 0.05) is 22.0 Å². The fourth-order valence-corrected chi connectivity index (χ4v) is 5.20. The molecule has 0 fully saturated rings. The molecule has 0 aromatic heterocycles. The molecule has 0 bridgehead atoms. The van der Waals surface area contributed by atoms with Gasteiger partial charge in [-0.15, -0.1) is 0 Å². The van der Waals surface area contributed by atoms with Crippen LogP contribution in [0.5, 0.6) is 0 Å². The van der Waals surface area contributed by atoms with E-state index in [0.29, 0.717) is 16.5 Å². The Kier molecular flexibility index (Phi) is 11.0. The van der Waals surface area contributed by atoms with Gasteiger partial charge in [0.2, 0.25) is 0 Å². The first-order chi connectivity index (χ1) is 16.3. The first kappa shape index (κ1) is 27.8. The number of quaternary nitrogens is 1. The molecule has 2 N–H and O–H groups in total. The highest BCUT2D eigenvalue weighted by molar-refractivity contribution is 7.86. The van der Waals surface area contributed by atoms with Crippen molar-refractivity contribution in [1.82, 2.24) is 0 Å². The molecular weight excluding hydrogens is 444 g/mol. The maximum atomic E-state index is 11.0. The molecule has 0 radical (unpaired) electrons. The van der Waals surface area contributed by atoms with E-state index >= 15 is 0 Å². The van der Waals surface area contributed by atoms with Crippen LogP contribution in [0.2, 0.25) is 0 Å². The molecule has 0 amide bonds. The van der Waals surface area contributed by atoms with Crippen LogP contribution in [0.15, 0.2) is 71.6 Å². The maximum absolute atomic E-state index is 11.0. The average Bonchev–Trinajstić information content (AvgIpc) is 2.82. The van der Waals surface area contributed by atoms with Gasteiger partial charge in [0.25, 0.3) is 0 Å². The van der Waals surface area contributed by atoms with Crippen LogP contribution in [0.4, 0.5) is 5.69 Å². The quantitative estimate of drug-likeness (QED) is 0.195. The summed E-state index contributed by atoms with van der Waals surface area (Å²) in [7, 11) is -4.45. The van der Waals surface area contributed by atoms with E-state index in [2.05, 4.69) is 51.1 Å². The van der Waals surface area contributed by atoms with E-state index in [1.807, 2.05) is 0 Å². The van der Waals surface area contributed by atoms with Gasteiger partial charge in [0.1, 0.15) is 16.7 Å². The third-order valence-corrected chi connectivity index (χ3v) is 7.11. The van der Waals surface area contributed by atoms with Crippen LogP contribution in [0.3, 0.4) is 0 Å². The lowest BCUT2D eigenvalue weighted by Crippen LogP contribution is -2.49. The summed E-state index contributed by atoms with van der Waals surface area (Å²) in [6.45, 7) is 12.2. The first-order valence-corrected chi connectivity index (χ1v) is 13.8. The normalized spacial score (nSPS) is 11.8. The highest BCUT2D eigenvalue weighted by Gasteiger charge is 2.25. The zero-order valence-electron chi connectivity index (χ0n) is 20.9. The Hall–Kier alpha value is -2.41. The SMILES string of the molecule is CCCC[N+](CCC)(CCCC)Cc1ccccc1.Nc1ccc(S(=O)(=O)[O-])c2ccccc12. The van der Waals surface area contributed by atoms with Crippen molar-refractivity contribution in [3.05, 3.63) is 72.3 Å². The van der Waals surface area contributed by atoms with Crippen molar-refractivity contribution in [3.63, 3.8) is 0 Å². The van der Waals surface area contributed by atoms with E-state index in [9.17, 15) is 13.0 Å². The summed E-state index contributed by atoms with van der Waals surface area (Å²) in [5.74, 6) is 0. The molecule has 0 spiro atoms. The summed E-state index contributed by atoms with van der Waals surface area (Å²) < 4.78 is 34.2. The highest BCUT2D eigenvalue weighted by Crippen LogP contribution is 2.27. The van der Waals surface area contributed by atoms with Crippen LogP contribution >= 0.6 is 0 Å². The lowest BCUT2D eigenvalue weighted by Gasteiger charge is -2.39. The molecule has 3 aromatic rings. The maximum Gasteiger partial charge on any atom is 0.125 e. The lowest BCUT2D eigenvalue weighted by molar-refractivity contribution is -0.941. The standard InChI is InChI=1S/C18H32N.C10H9NO3S/c1-4-7-15-19(14-6-3,16-8-5-2)17-18-12-10-9-11-13-18;11-9-5-6-10(15(12,13)14)8-4-2-1-3-7(8)9/h9-13H,4-8,14-17H2,1-3H3;1-6H,11H2,(H,12,13,14)/q+1;/p-1. The second kappa shape index (κ2) is 13.5. The molecule has 0 atom stereocenters. The number of unbranched alkanes of at least 4 members (excludes halogenated alkanes) is 2. The fourth-order valence-electron chi connectivity index (χ4n) is 4.52. The van der Waals surface area contributed by atoms with E-state index < -0.39 is 10.1 Å². The van der Waals surface area contributed by atoms with Crippen molar-refractivity contribution in [2.24, 2.45) is 0 Å². The number of nitrogens with two attached hydrogens (primary N) is 1. The molecule has 6 heteroatoms. The number of hydrogen-bond donors (Lipinski definition) is 1. The summed E-state index contributed by atoms with van der Waals surface area (Å²) in [6, 6.07) is 20.4. The van der Waals surface area contributed by atoms with Gasteiger partial charge in [-0.2, -0.15) is 0 Å². The molecule has 0 aliphatic heterocycles. The molecule has 0 heterocycles. The highest BCUT2D eigenvalue weighted by atomic mass is 32.2. The Morgan fingerprint density at radius 2 is 1.29 bits per heavy atom. The molecule has 0 saturated carbocycles. The predicted molar refractivity (Wildman–Crippen MR) is 141 cm³/mol. The van der Waals surface area contributed by atoms with Crippen molar-refractivity contribution in [2.75, 3.05) is 25.4 Å².